The van der Waals surface area contributed by atoms with Crippen LogP contribution >= 0.6 is 0 Å². The molecule has 2 aromatic rings. The van der Waals surface area contributed by atoms with E-state index >= 15 is 0 Å². The van der Waals surface area contributed by atoms with Gasteiger partial charge < -0.3 is 19.8 Å². The zero-order valence-electron chi connectivity index (χ0n) is 15.5. The highest BCUT2D eigenvalue weighted by molar-refractivity contribution is 5.73. The lowest BCUT2D eigenvalue weighted by molar-refractivity contribution is 0.0121. The number of carbonyl (C=O) groups is 1. The SMILES string of the molecule is Cc1ccc(C(CNC(=O)NCCc2ccc(F)cc2)N2CCOCC2)o1. The van der Waals surface area contributed by atoms with Crippen molar-refractivity contribution in [3.05, 3.63) is 59.3 Å². The van der Waals surface area contributed by atoms with Gasteiger partial charge in [0.2, 0.25) is 0 Å². The average molecular weight is 375 g/mol. The molecule has 1 aliphatic heterocycles. The number of ether oxygens (including phenoxy) is 1. The van der Waals surface area contributed by atoms with Crippen LogP contribution in [0.4, 0.5) is 9.18 Å². The van der Waals surface area contributed by atoms with Crippen LogP contribution in [0.15, 0.2) is 40.8 Å². The van der Waals surface area contributed by atoms with Crippen LogP contribution in [0.3, 0.4) is 0 Å². The number of hydrogen-bond donors (Lipinski definition) is 2. The Hall–Kier alpha value is -2.38. The Labute approximate surface area is 158 Å². The van der Waals surface area contributed by atoms with Gasteiger partial charge in [-0.2, -0.15) is 0 Å². The molecule has 1 aromatic heterocycles. The van der Waals surface area contributed by atoms with E-state index in [1.54, 1.807) is 12.1 Å². The highest BCUT2D eigenvalue weighted by atomic mass is 19.1. The van der Waals surface area contributed by atoms with E-state index in [4.69, 9.17) is 9.15 Å². The Balaban J connectivity index is 1.48. The fourth-order valence-corrected chi connectivity index (χ4v) is 3.15. The molecule has 0 radical (unpaired) electrons. The molecule has 7 heteroatoms. The Bertz CT molecular complexity index is 726. The monoisotopic (exact) mass is 375 g/mol. The summed E-state index contributed by atoms with van der Waals surface area (Å²) in [7, 11) is 0. The predicted octanol–water partition coefficient (Wildman–Crippen LogP) is 2.64. The van der Waals surface area contributed by atoms with Gasteiger partial charge in [0.25, 0.3) is 0 Å². The third kappa shape index (κ3) is 5.80. The first-order valence-electron chi connectivity index (χ1n) is 9.26. The summed E-state index contributed by atoms with van der Waals surface area (Å²) < 4.78 is 24.1. The number of carbonyl (C=O) groups excluding carboxylic acids is 1. The molecule has 2 heterocycles. The molecule has 6 nitrogen and oxygen atoms in total. The topological polar surface area (TPSA) is 66.7 Å². The van der Waals surface area contributed by atoms with E-state index in [-0.39, 0.29) is 17.9 Å². The summed E-state index contributed by atoms with van der Waals surface area (Å²) in [6, 6.07) is 9.95. The van der Waals surface area contributed by atoms with Crippen LogP contribution in [0.2, 0.25) is 0 Å². The third-order valence-electron chi connectivity index (χ3n) is 4.64. The van der Waals surface area contributed by atoms with Crippen LogP contribution in [-0.4, -0.2) is 50.3 Å². The predicted molar refractivity (Wildman–Crippen MR) is 100 cm³/mol. The average Bonchev–Trinajstić information content (AvgIpc) is 3.10. The van der Waals surface area contributed by atoms with Crippen LogP contribution in [0.25, 0.3) is 0 Å². The van der Waals surface area contributed by atoms with E-state index < -0.39 is 0 Å². The van der Waals surface area contributed by atoms with Crippen LogP contribution in [0.5, 0.6) is 0 Å². The number of aryl methyl sites for hydroxylation is 1. The van der Waals surface area contributed by atoms with Gasteiger partial charge in [0.05, 0.1) is 19.3 Å². The summed E-state index contributed by atoms with van der Waals surface area (Å²) in [5, 5.41) is 5.77. The molecule has 1 unspecified atom stereocenters. The number of furan rings is 1. The minimum Gasteiger partial charge on any atom is -0.465 e. The molecule has 1 fully saturated rings. The largest absolute Gasteiger partial charge is 0.465 e. The second-order valence-electron chi connectivity index (χ2n) is 6.63. The molecule has 1 aromatic carbocycles. The maximum atomic E-state index is 12.9. The fraction of sp³-hybridized carbons (Fsp3) is 0.450. The number of amides is 2. The van der Waals surface area contributed by atoms with Gasteiger partial charge in [-0.3, -0.25) is 4.90 Å². The zero-order valence-corrected chi connectivity index (χ0v) is 15.5. The van der Waals surface area contributed by atoms with Crippen molar-refractivity contribution in [1.29, 1.82) is 0 Å². The summed E-state index contributed by atoms with van der Waals surface area (Å²) in [5.41, 5.74) is 0.981. The van der Waals surface area contributed by atoms with Crippen molar-refractivity contribution in [1.82, 2.24) is 15.5 Å². The fourth-order valence-electron chi connectivity index (χ4n) is 3.15. The second-order valence-corrected chi connectivity index (χ2v) is 6.63. The van der Waals surface area contributed by atoms with Crippen molar-refractivity contribution in [3.63, 3.8) is 0 Å². The van der Waals surface area contributed by atoms with E-state index in [2.05, 4.69) is 15.5 Å². The van der Waals surface area contributed by atoms with E-state index in [0.717, 1.165) is 30.2 Å². The van der Waals surface area contributed by atoms with Crippen molar-refractivity contribution in [2.75, 3.05) is 39.4 Å². The molecule has 1 saturated heterocycles. The number of benzene rings is 1. The smallest absolute Gasteiger partial charge is 0.314 e. The molecule has 0 aliphatic carbocycles. The molecule has 2 N–H and O–H groups in total. The van der Waals surface area contributed by atoms with Gasteiger partial charge in [-0.15, -0.1) is 0 Å². The van der Waals surface area contributed by atoms with Crippen LogP contribution in [0, 0.1) is 12.7 Å². The van der Waals surface area contributed by atoms with Crippen molar-refractivity contribution in [2.45, 2.75) is 19.4 Å². The first-order valence-corrected chi connectivity index (χ1v) is 9.26. The van der Waals surface area contributed by atoms with Crippen LogP contribution < -0.4 is 10.6 Å². The van der Waals surface area contributed by atoms with E-state index in [1.165, 1.54) is 12.1 Å². The van der Waals surface area contributed by atoms with Gasteiger partial charge in [-0.1, -0.05) is 12.1 Å². The Morgan fingerprint density at radius 2 is 1.89 bits per heavy atom. The molecule has 146 valence electrons. The van der Waals surface area contributed by atoms with Crippen molar-refractivity contribution < 1.29 is 18.3 Å². The quantitative estimate of drug-likeness (QED) is 0.781. The number of rotatable bonds is 7. The Morgan fingerprint density at radius 3 is 2.56 bits per heavy atom. The molecule has 0 saturated carbocycles. The van der Waals surface area contributed by atoms with Crippen molar-refractivity contribution in [3.8, 4) is 0 Å². The van der Waals surface area contributed by atoms with E-state index in [0.29, 0.717) is 32.7 Å². The summed E-state index contributed by atoms with van der Waals surface area (Å²) in [4.78, 5) is 14.4. The van der Waals surface area contributed by atoms with Crippen molar-refractivity contribution in [2.24, 2.45) is 0 Å². The molecule has 0 spiro atoms. The standard InChI is InChI=1S/C20H26FN3O3/c1-15-2-7-19(27-15)18(24-10-12-26-13-11-24)14-23-20(25)22-9-8-16-3-5-17(21)6-4-16/h2-7,18H,8-14H2,1H3,(H2,22,23,25). The Kier molecular flexibility index (Phi) is 6.84. The lowest BCUT2D eigenvalue weighted by Crippen LogP contribution is -2.45. The van der Waals surface area contributed by atoms with Gasteiger partial charge in [0.15, 0.2) is 0 Å². The minimum absolute atomic E-state index is 0.0227. The molecule has 2 amide bonds. The molecule has 1 atom stereocenters. The van der Waals surface area contributed by atoms with E-state index in [9.17, 15) is 9.18 Å². The van der Waals surface area contributed by atoms with Gasteiger partial charge in [-0.25, -0.2) is 9.18 Å². The summed E-state index contributed by atoms with van der Waals surface area (Å²) in [5.74, 6) is 1.44. The number of hydrogen-bond acceptors (Lipinski definition) is 4. The first kappa shape index (κ1) is 19.4. The highest BCUT2D eigenvalue weighted by Crippen LogP contribution is 2.23. The summed E-state index contributed by atoms with van der Waals surface area (Å²) in [6.07, 6.45) is 0.651. The molecular weight excluding hydrogens is 349 g/mol. The number of nitrogens with zero attached hydrogens (tertiary/aromatic N) is 1. The van der Waals surface area contributed by atoms with Gasteiger partial charge in [-0.05, 0) is 43.2 Å². The molecular formula is C20H26FN3O3. The lowest BCUT2D eigenvalue weighted by Gasteiger charge is -2.33. The van der Waals surface area contributed by atoms with Crippen molar-refractivity contribution >= 4 is 6.03 Å². The minimum atomic E-state index is -0.258. The van der Waals surface area contributed by atoms with E-state index in [1.807, 2.05) is 19.1 Å². The molecule has 1 aliphatic rings. The first-order chi connectivity index (χ1) is 13.1. The van der Waals surface area contributed by atoms with Gasteiger partial charge in [0.1, 0.15) is 17.3 Å². The highest BCUT2D eigenvalue weighted by Gasteiger charge is 2.25. The van der Waals surface area contributed by atoms with Gasteiger partial charge >= 0.3 is 6.03 Å². The number of urea groups is 1. The number of halogens is 1. The maximum absolute atomic E-state index is 12.9. The molecule has 0 bridgehead atoms. The van der Waals surface area contributed by atoms with Gasteiger partial charge in [0, 0.05) is 26.2 Å². The summed E-state index contributed by atoms with van der Waals surface area (Å²) >= 11 is 0. The Morgan fingerprint density at radius 1 is 1.15 bits per heavy atom. The molecule has 27 heavy (non-hydrogen) atoms. The lowest BCUT2D eigenvalue weighted by atomic mass is 10.1. The van der Waals surface area contributed by atoms with Crippen LogP contribution in [0.1, 0.15) is 23.1 Å². The summed E-state index contributed by atoms with van der Waals surface area (Å²) in [6.45, 7) is 5.82. The van der Waals surface area contributed by atoms with Crippen LogP contribution in [-0.2, 0) is 11.2 Å². The zero-order chi connectivity index (χ0) is 19.1. The normalized spacial score (nSPS) is 16.1. The maximum Gasteiger partial charge on any atom is 0.314 e. The molecule has 3 rings (SSSR count). The third-order valence-corrected chi connectivity index (χ3v) is 4.64. The number of nitrogens with one attached hydrogen (secondary N) is 2. The number of morpholine rings is 1. The second kappa shape index (κ2) is 9.53.